The molecule has 0 amide bonds. The van der Waals surface area contributed by atoms with Gasteiger partial charge in [0.2, 0.25) is 0 Å². The quantitative estimate of drug-likeness (QED) is 0.624. The Morgan fingerprint density at radius 2 is 1.73 bits per heavy atom. The molecule has 2 saturated carbocycles. The lowest BCUT2D eigenvalue weighted by atomic mass is 9.71. The topological polar surface area (TPSA) is 9.23 Å². The first-order chi connectivity index (χ1) is 7.40. The number of alkyl halides is 1. The van der Waals surface area contributed by atoms with E-state index >= 15 is 0 Å². The van der Waals surface area contributed by atoms with Crippen LogP contribution in [0.1, 0.15) is 44.9 Å². The Morgan fingerprint density at radius 3 is 2.60 bits per heavy atom. The molecule has 3 fully saturated rings. The van der Waals surface area contributed by atoms with Crippen LogP contribution in [-0.4, -0.2) is 18.1 Å². The zero-order chi connectivity index (χ0) is 10.3. The summed E-state index contributed by atoms with van der Waals surface area (Å²) in [5.41, 5.74) is 0. The Bertz CT molecular complexity index is 231. The summed E-state index contributed by atoms with van der Waals surface area (Å²) in [5, 5.41) is 0. The highest BCUT2D eigenvalue weighted by Gasteiger charge is 2.48. The van der Waals surface area contributed by atoms with E-state index in [2.05, 4.69) is 0 Å². The molecule has 0 aromatic heterocycles. The van der Waals surface area contributed by atoms with Gasteiger partial charge in [0.1, 0.15) is 0 Å². The van der Waals surface area contributed by atoms with E-state index in [9.17, 15) is 0 Å². The molecule has 0 bridgehead atoms. The molecule has 3 rings (SSSR count). The Kier molecular flexibility index (Phi) is 2.95. The second-order valence-corrected chi connectivity index (χ2v) is 5.91. The Balaban J connectivity index is 1.77. The highest BCUT2D eigenvalue weighted by molar-refractivity contribution is 6.18. The van der Waals surface area contributed by atoms with Crippen molar-refractivity contribution in [3.05, 3.63) is 0 Å². The molecule has 0 aromatic rings. The van der Waals surface area contributed by atoms with Gasteiger partial charge in [-0.25, -0.2) is 0 Å². The highest BCUT2D eigenvalue weighted by atomic mass is 35.5. The average Bonchev–Trinajstić information content (AvgIpc) is 2.67. The molecule has 1 aliphatic heterocycles. The minimum Gasteiger partial charge on any atom is -0.374 e. The number of rotatable bonds is 1. The van der Waals surface area contributed by atoms with E-state index in [0.717, 1.165) is 17.7 Å². The molecule has 2 aliphatic carbocycles. The fourth-order valence-electron chi connectivity index (χ4n) is 4.11. The molecule has 2 heteroatoms. The molecular formula is C13H21ClO. The third-order valence-electron chi connectivity index (χ3n) is 4.83. The number of fused-ring (bicyclic) bond motifs is 3. The van der Waals surface area contributed by atoms with Crippen molar-refractivity contribution in [2.75, 3.05) is 5.88 Å². The van der Waals surface area contributed by atoms with Crippen LogP contribution in [0.4, 0.5) is 0 Å². The average molecular weight is 229 g/mol. The summed E-state index contributed by atoms with van der Waals surface area (Å²) in [6.45, 7) is 0. The SMILES string of the molecule is ClCC1CCCC2C3CCCCC3OC12. The molecule has 0 radical (unpaired) electrons. The largest absolute Gasteiger partial charge is 0.374 e. The number of ether oxygens (including phenoxy) is 1. The van der Waals surface area contributed by atoms with Gasteiger partial charge in [-0.2, -0.15) is 0 Å². The normalized spacial score (nSPS) is 49.8. The smallest absolute Gasteiger partial charge is 0.0650 e. The van der Waals surface area contributed by atoms with Crippen LogP contribution in [0.5, 0.6) is 0 Å². The molecule has 0 aromatic carbocycles. The van der Waals surface area contributed by atoms with Gasteiger partial charge in [0.25, 0.3) is 0 Å². The molecule has 1 saturated heterocycles. The zero-order valence-electron chi connectivity index (χ0n) is 9.33. The first-order valence-corrected chi connectivity index (χ1v) is 7.15. The summed E-state index contributed by atoms with van der Waals surface area (Å²) in [7, 11) is 0. The molecule has 86 valence electrons. The summed E-state index contributed by atoms with van der Waals surface area (Å²) < 4.78 is 6.29. The van der Waals surface area contributed by atoms with Crippen LogP contribution >= 0.6 is 11.6 Å². The van der Waals surface area contributed by atoms with Crippen molar-refractivity contribution in [3.8, 4) is 0 Å². The van der Waals surface area contributed by atoms with Crippen molar-refractivity contribution in [2.45, 2.75) is 57.2 Å². The lowest BCUT2D eigenvalue weighted by molar-refractivity contribution is -0.0190. The number of halogens is 1. The molecule has 5 atom stereocenters. The molecule has 1 nitrogen and oxygen atoms in total. The van der Waals surface area contributed by atoms with Crippen molar-refractivity contribution in [3.63, 3.8) is 0 Å². The van der Waals surface area contributed by atoms with E-state index in [1.54, 1.807) is 0 Å². The van der Waals surface area contributed by atoms with E-state index < -0.39 is 0 Å². The minimum atomic E-state index is 0.518. The second-order valence-electron chi connectivity index (χ2n) is 5.60. The first kappa shape index (κ1) is 10.4. The van der Waals surface area contributed by atoms with E-state index in [4.69, 9.17) is 16.3 Å². The standard InChI is InChI=1S/C13H21ClO/c14-8-9-4-3-6-11-10-5-1-2-7-12(10)15-13(9)11/h9-13H,1-8H2. The van der Waals surface area contributed by atoms with Crippen LogP contribution in [0.2, 0.25) is 0 Å². The predicted octanol–water partition coefficient (Wildman–Crippen LogP) is 3.60. The van der Waals surface area contributed by atoms with Crippen LogP contribution in [-0.2, 0) is 4.74 Å². The first-order valence-electron chi connectivity index (χ1n) is 6.61. The molecular weight excluding hydrogens is 208 g/mol. The Morgan fingerprint density at radius 1 is 0.933 bits per heavy atom. The van der Waals surface area contributed by atoms with Crippen molar-refractivity contribution in [1.82, 2.24) is 0 Å². The Hall–Kier alpha value is 0.250. The van der Waals surface area contributed by atoms with Crippen molar-refractivity contribution < 1.29 is 4.74 Å². The maximum atomic E-state index is 6.29. The molecule has 15 heavy (non-hydrogen) atoms. The second kappa shape index (κ2) is 4.25. The van der Waals surface area contributed by atoms with Gasteiger partial charge in [-0.05, 0) is 43.4 Å². The van der Waals surface area contributed by atoms with Crippen LogP contribution in [0.15, 0.2) is 0 Å². The van der Waals surface area contributed by atoms with Gasteiger partial charge in [0, 0.05) is 5.88 Å². The van der Waals surface area contributed by atoms with Gasteiger partial charge in [-0.1, -0.05) is 19.3 Å². The van der Waals surface area contributed by atoms with E-state index in [-0.39, 0.29) is 0 Å². The monoisotopic (exact) mass is 228 g/mol. The van der Waals surface area contributed by atoms with Gasteiger partial charge in [-0.3, -0.25) is 0 Å². The van der Waals surface area contributed by atoms with Crippen molar-refractivity contribution >= 4 is 11.6 Å². The summed E-state index contributed by atoms with van der Waals surface area (Å²) in [4.78, 5) is 0. The van der Waals surface area contributed by atoms with Crippen molar-refractivity contribution in [1.29, 1.82) is 0 Å². The molecule has 5 unspecified atom stereocenters. The predicted molar refractivity (Wildman–Crippen MR) is 62.2 cm³/mol. The third-order valence-corrected chi connectivity index (χ3v) is 5.23. The fourth-order valence-corrected chi connectivity index (χ4v) is 4.44. The number of hydrogen-bond acceptors (Lipinski definition) is 1. The van der Waals surface area contributed by atoms with Gasteiger partial charge in [0.15, 0.2) is 0 Å². The fraction of sp³-hybridized carbons (Fsp3) is 1.00. The lowest BCUT2D eigenvalue weighted by Gasteiger charge is -2.33. The lowest BCUT2D eigenvalue weighted by Crippen LogP contribution is -2.33. The van der Waals surface area contributed by atoms with Crippen LogP contribution in [0.3, 0.4) is 0 Å². The van der Waals surface area contributed by atoms with Crippen LogP contribution in [0, 0.1) is 17.8 Å². The maximum absolute atomic E-state index is 6.29. The van der Waals surface area contributed by atoms with Crippen LogP contribution in [0.25, 0.3) is 0 Å². The molecule has 1 heterocycles. The zero-order valence-corrected chi connectivity index (χ0v) is 10.1. The summed E-state index contributed by atoms with van der Waals surface area (Å²) >= 11 is 6.06. The molecule has 0 N–H and O–H groups in total. The highest BCUT2D eigenvalue weighted by Crippen LogP contribution is 2.49. The van der Waals surface area contributed by atoms with Crippen LogP contribution < -0.4 is 0 Å². The third kappa shape index (κ3) is 1.72. The summed E-state index contributed by atoms with van der Waals surface area (Å²) in [6, 6.07) is 0. The van der Waals surface area contributed by atoms with Gasteiger partial charge in [-0.15, -0.1) is 11.6 Å². The minimum absolute atomic E-state index is 0.518. The maximum Gasteiger partial charge on any atom is 0.0650 e. The summed E-state index contributed by atoms with van der Waals surface area (Å²) in [5.74, 6) is 3.19. The van der Waals surface area contributed by atoms with Gasteiger partial charge < -0.3 is 4.74 Å². The Labute approximate surface area is 97.5 Å². The van der Waals surface area contributed by atoms with E-state index in [1.165, 1.54) is 44.9 Å². The van der Waals surface area contributed by atoms with Gasteiger partial charge >= 0.3 is 0 Å². The number of hydrogen-bond donors (Lipinski definition) is 0. The molecule has 0 spiro atoms. The molecule has 3 aliphatic rings. The van der Waals surface area contributed by atoms with E-state index in [1.807, 2.05) is 0 Å². The van der Waals surface area contributed by atoms with Gasteiger partial charge in [0.05, 0.1) is 12.2 Å². The van der Waals surface area contributed by atoms with Crippen molar-refractivity contribution in [2.24, 2.45) is 17.8 Å². The summed E-state index contributed by atoms with van der Waals surface area (Å²) in [6.07, 6.45) is 10.7. The van der Waals surface area contributed by atoms with E-state index in [0.29, 0.717) is 18.1 Å².